The van der Waals surface area contributed by atoms with Crippen LogP contribution in [-0.2, 0) is 35.2 Å². The van der Waals surface area contributed by atoms with E-state index < -0.39 is 47.6 Å². The maximum absolute atomic E-state index is 13.7. The number of aliphatic imine (C=N–C) groups is 1. The van der Waals surface area contributed by atoms with Gasteiger partial charge in [0, 0.05) is 44.7 Å². The highest BCUT2D eigenvalue weighted by Crippen LogP contribution is 2.20. The average molecular weight is 842 g/mol. The number of hydrogen-bond donors (Lipinski definition) is 7. The number of unbranched alkanes of at least 4 members (excludes halogenated alkanes) is 12. The van der Waals surface area contributed by atoms with Gasteiger partial charge < -0.3 is 37.8 Å². The Morgan fingerprint density at radius 2 is 1.15 bits per heavy atom. The molecule has 9 N–H and O–H groups in total. The normalized spacial score (nSPS) is 13.7. The van der Waals surface area contributed by atoms with Crippen LogP contribution in [0.2, 0.25) is 0 Å². The third kappa shape index (κ3) is 24.6. The van der Waals surface area contributed by atoms with E-state index >= 15 is 0 Å². The van der Waals surface area contributed by atoms with Gasteiger partial charge in [-0.3, -0.25) is 33.8 Å². The van der Waals surface area contributed by atoms with Gasteiger partial charge in [0.15, 0.2) is 17.5 Å². The first-order chi connectivity index (χ1) is 28.6. The van der Waals surface area contributed by atoms with E-state index in [0.717, 1.165) is 19.3 Å². The van der Waals surface area contributed by atoms with Gasteiger partial charge in [-0.15, -0.1) is 0 Å². The molecule has 5 atom stereocenters. The van der Waals surface area contributed by atoms with Gasteiger partial charge in [-0.05, 0) is 69.6 Å². The summed E-state index contributed by atoms with van der Waals surface area (Å²) in [4.78, 5) is 83.5. The summed E-state index contributed by atoms with van der Waals surface area (Å²) >= 11 is 0. The Kier molecular flexibility index (Phi) is 28.0. The van der Waals surface area contributed by atoms with Gasteiger partial charge in [-0.25, -0.2) is 0 Å². The van der Waals surface area contributed by atoms with Crippen LogP contribution >= 0.6 is 0 Å². The second-order valence-electron chi connectivity index (χ2n) is 16.9. The van der Waals surface area contributed by atoms with Crippen LogP contribution in [0.1, 0.15) is 162 Å². The van der Waals surface area contributed by atoms with E-state index in [4.69, 9.17) is 11.5 Å². The molecule has 0 radical (unpaired) electrons. The van der Waals surface area contributed by atoms with Crippen LogP contribution in [0.5, 0.6) is 5.75 Å². The van der Waals surface area contributed by atoms with Crippen LogP contribution in [0.15, 0.2) is 29.3 Å². The number of nitrogens with one attached hydrogen (secondary N) is 4. The lowest BCUT2D eigenvalue weighted by Crippen LogP contribution is -2.51. The number of carbonyl (C=O) groups is 6. The van der Waals surface area contributed by atoms with Gasteiger partial charge in [-0.2, -0.15) is 0 Å². The number of Topliss-reactive ketones (excluding diaryl/α,β-unsaturated/α-hetero) is 2. The Bertz CT molecular complexity index is 1460. The number of rotatable bonds is 34. The number of amides is 4. The first-order valence-electron chi connectivity index (χ1n) is 22.6. The number of guanidine groups is 1. The second kappa shape index (κ2) is 31.4. The zero-order valence-corrected chi connectivity index (χ0v) is 37.6. The number of benzene rings is 1. The molecule has 0 saturated heterocycles. The number of nitrogens with zero attached hydrogens (tertiary/aromatic N) is 1. The minimum absolute atomic E-state index is 0.0442. The van der Waals surface area contributed by atoms with Crippen LogP contribution in [-0.4, -0.2) is 78.0 Å². The molecule has 1 aromatic carbocycles. The van der Waals surface area contributed by atoms with Gasteiger partial charge in [-0.1, -0.05) is 110 Å². The summed E-state index contributed by atoms with van der Waals surface area (Å²) in [5.41, 5.74) is 11.5. The average Bonchev–Trinajstić information content (AvgIpc) is 3.20. The highest BCUT2D eigenvalue weighted by molar-refractivity contribution is 5.96. The summed E-state index contributed by atoms with van der Waals surface area (Å²) in [6.45, 7) is 9.54. The molecule has 0 heterocycles. The molecule has 4 amide bonds. The van der Waals surface area contributed by atoms with Gasteiger partial charge >= 0.3 is 0 Å². The Morgan fingerprint density at radius 1 is 0.650 bits per heavy atom. The van der Waals surface area contributed by atoms with Crippen LogP contribution < -0.4 is 32.7 Å². The standard InChI is InChI=1S/C46H79N7O7/c1-7-8-9-10-11-12-13-14-15-16-17-18-19-22-42(57)53-39(28-32(2)3)45(60)52-34(5)41(56)31-37(29-35-23-25-38(54)26-24-35)44(59)51-33(4)40(55)30-36(43(58)49-6)21-20-27-50-46(47)48/h23-26,32-34,36-37,39,54H,7-22,27-31H2,1-6H3,(H,49,58)(H,51,59)(H,52,60)(H,53,57)(H4,47,48,50)/t33-,34-,36+,37+,39-/m0/s1. The lowest BCUT2D eigenvalue weighted by Gasteiger charge is -2.24. The molecular formula is C46H79N7O7. The summed E-state index contributed by atoms with van der Waals surface area (Å²) in [5.74, 6) is -3.77. The highest BCUT2D eigenvalue weighted by atomic mass is 16.3. The van der Waals surface area contributed by atoms with E-state index in [1.807, 2.05) is 13.8 Å². The van der Waals surface area contributed by atoms with Gasteiger partial charge in [0.1, 0.15) is 11.8 Å². The predicted molar refractivity (Wildman–Crippen MR) is 239 cm³/mol. The number of carbonyl (C=O) groups excluding carboxylic acids is 6. The first kappa shape index (κ1) is 53.5. The summed E-state index contributed by atoms with van der Waals surface area (Å²) in [6, 6.07) is 3.51. The van der Waals surface area contributed by atoms with Crippen molar-refractivity contribution in [2.75, 3.05) is 13.6 Å². The monoisotopic (exact) mass is 842 g/mol. The van der Waals surface area contributed by atoms with Crippen molar-refractivity contribution in [2.45, 2.75) is 181 Å². The lowest BCUT2D eigenvalue weighted by molar-refractivity contribution is -0.134. The van der Waals surface area contributed by atoms with Gasteiger partial charge in [0.2, 0.25) is 23.6 Å². The SMILES string of the molecule is CCCCCCCCCCCCCCCC(=O)N[C@@H](CC(C)C)C(=O)N[C@@H](C)C(=O)C[C@@H](Cc1ccc(O)cc1)C(=O)N[C@@H](C)C(=O)C[C@@H](CCCN=C(N)N)C(=O)NC. The third-order valence-corrected chi connectivity index (χ3v) is 10.9. The maximum Gasteiger partial charge on any atom is 0.243 e. The first-order valence-corrected chi connectivity index (χ1v) is 22.6. The van der Waals surface area contributed by atoms with Crippen molar-refractivity contribution in [1.29, 1.82) is 0 Å². The number of aromatic hydroxyl groups is 1. The fourth-order valence-corrected chi connectivity index (χ4v) is 7.17. The topological polar surface area (TPSA) is 235 Å². The van der Waals surface area contributed by atoms with Crippen molar-refractivity contribution >= 4 is 41.2 Å². The zero-order valence-electron chi connectivity index (χ0n) is 37.6. The Labute approximate surface area is 360 Å². The Balaban J connectivity index is 2.81. The predicted octanol–water partition coefficient (Wildman–Crippen LogP) is 5.91. The largest absolute Gasteiger partial charge is 0.508 e. The number of nitrogens with two attached hydrogens (primary N) is 2. The minimum Gasteiger partial charge on any atom is -0.508 e. The molecule has 1 aromatic rings. The molecule has 60 heavy (non-hydrogen) atoms. The molecule has 0 aliphatic heterocycles. The number of hydrogen-bond acceptors (Lipinski definition) is 8. The number of ketones is 2. The molecule has 0 spiro atoms. The summed E-state index contributed by atoms with van der Waals surface area (Å²) < 4.78 is 0. The molecule has 14 heteroatoms. The van der Waals surface area contributed by atoms with Crippen molar-refractivity contribution in [1.82, 2.24) is 21.3 Å². The van der Waals surface area contributed by atoms with Crippen molar-refractivity contribution in [3.05, 3.63) is 29.8 Å². The molecule has 0 fully saturated rings. The molecule has 14 nitrogen and oxygen atoms in total. The van der Waals surface area contributed by atoms with Crippen molar-refractivity contribution in [2.24, 2.45) is 34.2 Å². The van der Waals surface area contributed by atoms with E-state index in [-0.39, 0.29) is 54.5 Å². The van der Waals surface area contributed by atoms with Crippen LogP contribution in [0.4, 0.5) is 0 Å². The van der Waals surface area contributed by atoms with Crippen molar-refractivity contribution in [3.63, 3.8) is 0 Å². The third-order valence-electron chi connectivity index (χ3n) is 10.9. The summed E-state index contributed by atoms with van der Waals surface area (Å²) in [7, 11) is 1.48. The molecular weight excluding hydrogens is 763 g/mol. The smallest absolute Gasteiger partial charge is 0.243 e. The lowest BCUT2D eigenvalue weighted by atomic mass is 9.90. The van der Waals surface area contributed by atoms with E-state index in [1.54, 1.807) is 19.1 Å². The molecule has 0 aliphatic carbocycles. The molecule has 0 aliphatic rings. The van der Waals surface area contributed by atoms with E-state index in [0.29, 0.717) is 37.8 Å². The Morgan fingerprint density at radius 3 is 1.65 bits per heavy atom. The zero-order chi connectivity index (χ0) is 44.9. The second-order valence-corrected chi connectivity index (χ2v) is 16.9. The van der Waals surface area contributed by atoms with Gasteiger partial charge in [0.25, 0.3) is 0 Å². The van der Waals surface area contributed by atoms with Crippen molar-refractivity contribution < 1.29 is 33.9 Å². The maximum atomic E-state index is 13.7. The fraction of sp³-hybridized carbons (Fsp3) is 0.717. The molecule has 0 bridgehead atoms. The fourth-order valence-electron chi connectivity index (χ4n) is 7.17. The highest BCUT2D eigenvalue weighted by Gasteiger charge is 2.31. The minimum atomic E-state index is -0.966. The molecule has 1 rings (SSSR count). The van der Waals surface area contributed by atoms with Crippen molar-refractivity contribution in [3.8, 4) is 5.75 Å². The van der Waals surface area contributed by atoms with E-state index in [9.17, 15) is 33.9 Å². The summed E-state index contributed by atoms with van der Waals surface area (Å²) in [5, 5.41) is 20.8. The number of phenolic OH excluding ortho intramolecular Hbond substituents is 1. The molecule has 0 aromatic heterocycles. The van der Waals surface area contributed by atoms with E-state index in [1.165, 1.54) is 90.3 Å². The molecule has 0 saturated carbocycles. The number of phenols is 1. The summed E-state index contributed by atoms with van der Waals surface area (Å²) in [6.07, 6.45) is 17.0. The van der Waals surface area contributed by atoms with Crippen LogP contribution in [0.25, 0.3) is 0 Å². The molecule has 340 valence electrons. The van der Waals surface area contributed by atoms with E-state index in [2.05, 4.69) is 33.2 Å². The molecule has 0 unspecified atom stereocenters. The Hall–Kier alpha value is -4.49. The quantitative estimate of drug-likeness (QED) is 0.0248. The van der Waals surface area contributed by atoms with Crippen LogP contribution in [0, 0.1) is 17.8 Å². The van der Waals surface area contributed by atoms with Gasteiger partial charge in [0.05, 0.1) is 12.1 Å². The van der Waals surface area contributed by atoms with Crippen LogP contribution in [0.3, 0.4) is 0 Å².